The van der Waals surface area contributed by atoms with Crippen LogP contribution in [0.25, 0.3) is 21.8 Å². The SMILES string of the molecule is CCCCCCCCOc1c(OCCCCCCCC)c2cc(Br)cnc2c2ncc(Br)cc12. The van der Waals surface area contributed by atoms with Crippen LogP contribution in [0.5, 0.6) is 11.5 Å². The smallest absolute Gasteiger partial charge is 0.171 e. The molecule has 0 amide bonds. The molecule has 1 aromatic carbocycles. The van der Waals surface area contributed by atoms with Gasteiger partial charge in [0.05, 0.1) is 13.2 Å². The zero-order valence-electron chi connectivity index (χ0n) is 20.7. The Morgan fingerprint density at radius 1 is 0.588 bits per heavy atom. The summed E-state index contributed by atoms with van der Waals surface area (Å²) in [4.78, 5) is 9.39. The molecule has 0 aliphatic heterocycles. The second-order valence-electron chi connectivity index (χ2n) is 8.99. The van der Waals surface area contributed by atoms with Gasteiger partial charge in [-0.2, -0.15) is 0 Å². The maximum absolute atomic E-state index is 6.44. The Kier molecular flexibility index (Phi) is 11.9. The summed E-state index contributed by atoms with van der Waals surface area (Å²) in [6, 6.07) is 4.14. The molecule has 0 saturated carbocycles. The number of fused-ring (bicyclic) bond motifs is 3. The fraction of sp³-hybridized carbons (Fsp3) is 0.571. The van der Waals surface area contributed by atoms with Crippen LogP contribution in [0.15, 0.2) is 33.5 Å². The Morgan fingerprint density at radius 3 is 1.38 bits per heavy atom. The molecule has 0 fully saturated rings. The molecule has 0 aliphatic rings. The van der Waals surface area contributed by atoms with Gasteiger partial charge in [0.1, 0.15) is 11.0 Å². The van der Waals surface area contributed by atoms with E-state index < -0.39 is 0 Å². The first-order valence-corrected chi connectivity index (χ1v) is 14.6. The molecule has 0 N–H and O–H groups in total. The number of unbranched alkanes of at least 4 members (excludes halogenated alkanes) is 10. The van der Waals surface area contributed by atoms with Crippen LogP contribution in [-0.4, -0.2) is 23.2 Å². The summed E-state index contributed by atoms with van der Waals surface area (Å²) in [5.74, 6) is 1.58. The van der Waals surface area contributed by atoms with E-state index in [1.54, 1.807) is 0 Å². The van der Waals surface area contributed by atoms with Gasteiger partial charge < -0.3 is 9.47 Å². The molecule has 34 heavy (non-hydrogen) atoms. The molecule has 186 valence electrons. The van der Waals surface area contributed by atoms with Gasteiger partial charge in [-0.25, -0.2) is 0 Å². The molecule has 0 atom stereocenters. The molecule has 3 aromatic rings. The Bertz CT molecular complexity index is 959. The quantitative estimate of drug-likeness (QED) is 0.122. The topological polar surface area (TPSA) is 44.2 Å². The van der Waals surface area contributed by atoms with Gasteiger partial charge in [0.15, 0.2) is 11.5 Å². The minimum atomic E-state index is 0.675. The number of pyridine rings is 2. The maximum Gasteiger partial charge on any atom is 0.171 e. The van der Waals surface area contributed by atoms with Crippen LogP contribution in [0.3, 0.4) is 0 Å². The van der Waals surface area contributed by atoms with Crippen molar-refractivity contribution in [1.29, 1.82) is 0 Å². The molecule has 0 spiro atoms. The molecule has 0 unspecified atom stereocenters. The monoisotopic (exact) mass is 592 g/mol. The summed E-state index contributed by atoms with van der Waals surface area (Å²) in [7, 11) is 0. The lowest BCUT2D eigenvalue weighted by molar-refractivity contribution is 0.263. The van der Waals surface area contributed by atoms with E-state index in [4.69, 9.17) is 19.4 Å². The van der Waals surface area contributed by atoms with E-state index in [-0.39, 0.29) is 0 Å². The largest absolute Gasteiger partial charge is 0.489 e. The Labute approximate surface area is 221 Å². The summed E-state index contributed by atoms with van der Waals surface area (Å²) < 4.78 is 14.7. The fourth-order valence-electron chi connectivity index (χ4n) is 4.25. The van der Waals surface area contributed by atoms with Crippen LogP contribution in [-0.2, 0) is 0 Å². The van der Waals surface area contributed by atoms with E-state index in [1.165, 1.54) is 64.2 Å². The van der Waals surface area contributed by atoms with Crippen molar-refractivity contribution in [3.8, 4) is 11.5 Å². The number of aromatic nitrogens is 2. The van der Waals surface area contributed by atoms with E-state index in [2.05, 4.69) is 57.8 Å². The Morgan fingerprint density at radius 2 is 0.971 bits per heavy atom. The van der Waals surface area contributed by atoms with Gasteiger partial charge in [-0.1, -0.05) is 78.1 Å². The molecule has 3 rings (SSSR count). The number of ether oxygens (including phenoxy) is 2. The molecule has 2 aromatic heterocycles. The number of benzene rings is 1. The Balaban J connectivity index is 1.84. The van der Waals surface area contributed by atoms with Crippen molar-refractivity contribution >= 4 is 53.7 Å². The molecule has 0 radical (unpaired) electrons. The van der Waals surface area contributed by atoms with Crippen molar-refractivity contribution in [2.24, 2.45) is 0 Å². The van der Waals surface area contributed by atoms with Gasteiger partial charge in [-0.05, 0) is 56.8 Å². The van der Waals surface area contributed by atoms with E-state index in [0.717, 1.165) is 55.1 Å². The average molecular weight is 594 g/mol. The van der Waals surface area contributed by atoms with Gasteiger partial charge in [-0.15, -0.1) is 0 Å². The molecular weight excluding hydrogens is 556 g/mol. The third-order valence-corrected chi connectivity index (χ3v) is 6.98. The van der Waals surface area contributed by atoms with E-state index in [1.807, 2.05) is 12.4 Å². The fourth-order valence-corrected chi connectivity index (χ4v) is 4.91. The van der Waals surface area contributed by atoms with Crippen molar-refractivity contribution in [2.45, 2.75) is 90.9 Å². The maximum atomic E-state index is 6.44. The second-order valence-corrected chi connectivity index (χ2v) is 10.8. The van der Waals surface area contributed by atoms with Gasteiger partial charge in [0.25, 0.3) is 0 Å². The van der Waals surface area contributed by atoms with Gasteiger partial charge >= 0.3 is 0 Å². The zero-order valence-corrected chi connectivity index (χ0v) is 23.8. The number of hydrogen-bond acceptors (Lipinski definition) is 4. The second kappa shape index (κ2) is 14.9. The van der Waals surface area contributed by atoms with Crippen LogP contribution in [0, 0.1) is 0 Å². The van der Waals surface area contributed by atoms with Crippen molar-refractivity contribution < 1.29 is 9.47 Å². The molecule has 4 nitrogen and oxygen atoms in total. The van der Waals surface area contributed by atoms with E-state index in [0.29, 0.717) is 13.2 Å². The molecular formula is C28H38Br2N2O2. The Hall–Kier alpha value is -1.40. The third-order valence-electron chi connectivity index (χ3n) is 6.12. The van der Waals surface area contributed by atoms with Gasteiger partial charge in [-0.3, -0.25) is 9.97 Å². The first-order valence-electron chi connectivity index (χ1n) is 13.0. The van der Waals surface area contributed by atoms with Crippen LogP contribution < -0.4 is 9.47 Å². The highest BCUT2D eigenvalue weighted by atomic mass is 79.9. The summed E-state index contributed by atoms with van der Waals surface area (Å²) in [6.07, 6.45) is 18.4. The highest BCUT2D eigenvalue weighted by Gasteiger charge is 2.20. The van der Waals surface area contributed by atoms with Crippen LogP contribution in [0.2, 0.25) is 0 Å². The van der Waals surface area contributed by atoms with Crippen molar-refractivity contribution in [3.63, 3.8) is 0 Å². The van der Waals surface area contributed by atoms with Gasteiger partial charge in [0.2, 0.25) is 0 Å². The molecule has 6 heteroatoms. The molecule has 0 bridgehead atoms. The summed E-state index contributed by atoms with van der Waals surface area (Å²) in [6.45, 7) is 5.85. The van der Waals surface area contributed by atoms with Crippen LogP contribution in [0.1, 0.15) is 90.9 Å². The number of rotatable bonds is 16. The first kappa shape index (κ1) is 27.2. The van der Waals surface area contributed by atoms with E-state index in [9.17, 15) is 0 Å². The van der Waals surface area contributed by atoms with Crippen LogP contribution >= 0.6 is 31.9 Å². The minimum Gasteiger partial charge on any atom is -0.489 e. The van der Waals surface area contributed by atoms with Crippen molar-refractivity contribution in [1.82, 2.24) is 9.97 Å². The highest BCUT2D eigenvalue weighted by molar-refractivity contribution is 9.10. The lowest BCUT2D eigenvalue weighted by Crippen LogP contribution is -2.05. The van der Waals surface area contributed by atoms with Crippen molar-refractivity contribution in [3.05, 3.63) is 33.5 Å². The normalized spacial score (nSPS) is 11.4. The number of hydrogen-bond donors (Lipinski definition) is 0. The summed E-state index contributed by atoms with van der Waals surface area (Å²) in [5, 5.41) is 1.89. The number of nitrogens with zero attached hydrogens (tertiary/aromatic N) is 2. The van der Waals surface area contributed by atoms with Gasteiger partial charge in [0, 0.05) is 32.1 Å². The number of halogens is 2. The first-order chi connectivity index (χ1) is 16.7. The third kappa shape index (κ3) is 7.81. The summed E-state index contributed by atoms with van der Waals surface area (Å²) in [5.41, 5.74) is 1.69. The minimum absolute atomic E-state index is 0.675. The lowest BCUT2D eigenvalue weighted by atomic mass is 10.1. The predicted molar refractivity (Wildman–Crippen MR) is 150 cm³/mol. The van der Waals surface area contributed by atoms with Crippen LogP contribution in [0.4, 0.5) is 0 Å². The summed E-state index contributed by atoms with van der Waals surface area (Å²) >= 11 is 7.18. The molecule has 0 saturated heterocycles. The highest BCUT2D eigenvalue weighted by Crippen LogP contribution is 2.44. The standard InChI is InChI=1S/C28H38Br2N2O2/c1-3-5-7-9-11-13-15-33-27-23-17-21(29)19-31-25(23)26-24(18-22(30)20-32-26)28(27)34-16-14-12-10-8-6-4-2/h17-20H,3-16H2,1-2H3. The average Bonchev–Trinajstić information content (AvgIpc) is 2.83. The molecule has 0 aliphatic carbocycles. The zero-order chi connectivity index (χ0) is 24.2. The predicted octanol–water partition coefficient (Wildman–Crippen LogP) is 9.79. The van der Waals surface area contributed by atoms with Crippen molar-refractivity contribution in [2.75, 3.05) is 13.2 Å². The molecule has 2 heterocycles. The van der Waals surface area contributed by atoms with E-state index >= 15 is 0 Å². The lowest BCUT2D eigenvalue weighted by Gasteiger charge is -2.18.